The Morgan fingerprint density at radius 1 is 0.476 bits per heavy atom. The van der Waals surface area contributed by atoms with Crippen molar-refractivity contribution in [2.24, 2.45) is 0 Å². The van der Waals surface area contributed by atoms with Crippen molar-refractivity contribution in [1.29, 1.82) is 5.26 Å². The maximum absolute atomic E-state index is 8.44. The molecular weight excluding hydrogens is 322 g/mol. The molecule has 0 atom stereocenters. The molecule has 0 aliphatic carbocycles. The van der Waals surface area contributed by atoms with Gasteiger partial charge in [-0.15, -0.1) is 0 Å². The SMILES string of the molecule is N#CCCCCCCCCCCCCCCCCCCBr. The predicted octanol–water partition coefficient (Wildman–Crippen LogP) is 7.54. The number of hydrogen-bond donors (Lipinski definition) is 0. The number of hydrogen-bond acceptors (Lipinski definition) is 1. The van der Waals surface area contributed by atoms with Crippen LogP contribution in [0.15, 0.2) is 0 Å². The molecule has 124 valence electrons. The topological polar surface area (TPSA) is 23.8 Å². The van der Waals surface area contributed by atoms with E-state index in [1.807, 2.05) is 0 Å². The minimum absolute atomic E-state index is 0.747. The van der Waals surface area contributed by atoms with Crippen molar-refractivity contribution in [3.63, 3.8) is 0 Å². The number of rotatable bonds is 17. The molecular formula is C19H36BrN. The van der Waals surface area contributed by atoms with E-state index >= 15 is 0 Å². The van der Waals surface area contributed by atoms with Crippen LogP contribution in [0.2, 0.25) is 0 Å². The van der Waals surface area contributed by atoms with Gasteiger partial charge in [0.2, 0.25) is 0 Å². The zero-order valence-electron chi connectivity index (χ0n) is 14.1. The number of nitrogens with zero attached hydrogens (tertiary/aromatic N) is 1. The van der Waals surface area contributed by atoms with Crippen LogP contribution in [0.4, 0.5) is 0 Å². The standard InChI is InChI=1S/C19H36BrN/c20-18-16-14-12-10-8-6-4-2-1-3-5-7-9-11-13-15-17-19-21/h1-18H2. The maximum Gasteiger partial charge on any atom is 0.0621 e. The van der Waals surface area contributed by atoms with Crippen LogP contribution in [0.3, 0.4) is 0 Å². The molecule has 0 spiro atoms. The lowest BCUT2D eigenvalue weighted by Gasteiger charge is -2.03. The summed E-state index contributed by atoms with van der Waals surface area (Å²) in [6.45, 7) is 0. The van der Waals surface area contributed by atoms with Gasteiger partial charge >= 0.3 is 0 Å². The molecule has 0 aromatic rings. The van der Waals surface area contributed by atoms with E-state index in [4.69, 9.17) is 5.26 Å². The summed E-state index contributed by atoms with van der Waals surface area (Å²) in [5.41, 5.74) is 0. The largest absolute Gasteiger partial charge is 0.198 e. The highest BCUT2D eigenvalue weighted by Crippen LogP contribution is 2.14. The molecule has 0 aliphatic rings. The molecule has 0 amide bonds. The molecule has 0 unspecified atom stereocenters. The fourth-order valence-corrected chi connectivity index (χ4v) is 3.17. The smallest absolute Gasteiger partial charge is 0.0621 e. The van der Waals surface area contributed by atoms with Crippen molar-refractivity contribution >= 4 is 15.9 Å². The molecule has 2 heteroatoms. The number of halogens is 1. The van der Waals surface area contributed by atoms with E-state index in [1.165, 1.54) is 102 Å². The molecule has 0 aliphatic heterocycles. The highest BCUT2D eigenvalue weighted by Gasteiger charge is 1.94. The third kappa shape index (κ3) is 20.0. The zero-order valence-corrected chi connectivity index (χ0v) is 15.6. The third-order valence-corrected chi connectivity index (χ3v) is 4.73. The Bertz CT molecular complexity index is 222. The lowest BCUT2D eigenvalue weighted by Crippen LogP contribution is -1.84. The van der Waals surface area contributed by atoms with Crippen molar-refractivity contribution in [3.8, 4) is 6.07 Å². The van der Waals surface area contributed by atoms with Gasteiger partial charge in [-0.05, 0) is 12.8 Å². The molecule has 0 rings (SSSR count). The maximum atomic E-state index is 8.44. The molecule has 21 heavy (non-hydrogen) atoms. The molecule has 0 saturated heterocycles. The second kappa shape index (κ2) is 20.0. The summed E-state index contributed by atoms with van der Waals surface area (Å²) >= 11 is 3.49. The first kappa shape index (κ1) is 21.0. The van der Waals surface area contributed by atoms with E-state index in [0.29, 0.717) is 0 Å². The molecule has 1 nitrogen and oxygen atoms in total. The van der Waals surface area contributed by atoms with E-state index in [9.17, 15) is 0 Å². The van der Waals surface area contributed by atoms with Gasteiger partial charge < -0.3 is 0 Å². The second-order valence-electron chi connectivity index (χ2n) is 6.25. The molecule has 0 aromatic heterocycles. The first-order valence-electron chi connectivity index (χ1n) is 9.34. The summed E-state index contributed by atoms with van der Waals surface area (Å²) in [6, 6.07) is 2.22. The van der Waals surface area contributed by atoms with Crippen molar-refractivity contribution in [2.75, 3.05) is 5.33 Å². The Labute approximate surface area is 142 Å². The molecule has 0 saturated carbocycles. The lowest BCUT2D eigenvalue weighted by atomic mass is 10.0. The Kier molecular flexibility index (Phi) is 19.9. The van der Waals surface area contributed by atoms with Gasteiger partial charge in [0.05, 0.1) is 6.07 Å². The quantitative estimate of drug-likeness (QED) is 0.195. The first-order valence-corrected chi connectivity index (χ1v) is 10.5. The molecule has 0 aromatic carbocycles. The van der Waals surface area contributed by atoms with Gasteiger partial charge in [0.15, 0.2) is 0 Å². The van der Waals surface area contributed by atoms with Crippen molar-refractivity contribution in [1.82, 2.24) is 0 Å². The summed E-state index contributed by atoms with van der Waals surface area (Å²) < 4.78 is 0. The van der Waals surface area contributed by atoms with Gasteiger partial charge in [0.25, 0.3) is 0 Å². The summed E-state index contributed by atoms with van der Waals surface area (Å²) in [6.07, 6.45) is 22.9. The van der Waals surface area contributed by atoms with Gasteiger partial charge in [-0.3, -0.25) is 0 Å². The summed E-state index contributed by atoms with van der Waals surface area (Å²) in [5.74, 6) is 0. The Hall–Kier alpha value is -0.0300. The average Bonchev–Trinajstić information content (AvgIpc) is 2.50. The van der Waals surface area contributed by atoms with Crippen LogP contribution in [0.25, 0.3) is 0 Å². The highest BCUT2D eigenvalue weighted by molar-refractivity contribution is 9.09. The number of nitriles is 1. The molecule has 0 bridgehead atoms. The molecule has 0 heterocycles. The molecule has 0 N–H and O–H groups in total. The van der Waals surface area contributed by atoms with Crippen LogP contribution in [0.5, 0.6) is 0 Å². The van der Waals surface area contributed by atoms with Crippen LogP contribution in [0, 0.1) is 11.3 Å². The third-order valence-electron chi connectivity index (χ3n) is 4.17. The van der Waals surface area contributed by atoms with Gasteiger partial charge in [-0.1, -0.05) is 106 Å². The van der Waals surface area contributed by atoms with Crippen LogP contribution >= 0.6 is 15.9 Å². The van der Waals surface area contributed by atoms with E-state index < -0.39 is 0 Å². The number of alkyl halides is 1. The van der Waals surface area contributed by atoms with Crippen LogP contribution in [-0.2, 0) is 0 Å². The second-order valence-corrected chi connectivity index (χ2v) is 7.05. The number of unbranched alkanes of at least 4 members (excludes halogenated alkanes) is 16. The van der Waals surface area contributed by atoms with Crippen LogP contribution in [0.1, 0.15) is 109 Å². The van der Waals surface area contributed by atoms with E-state index in [0.717, 1.165) is 12.8 Å². The van der Waals surface area contributed by atoms with E-state index in [1.54, 1.807) is 0 Å². The van der Waals surface area contributed by atoms with Gasteiger partial charge in [-0.25, -0.2) is 0 Å². The highest BCUT2D eigenvalue weighted by atomic mass is 79.9. The molecule has 0 radical (unpaired) electrons. The zero-order chi connectivity index (χ0) is 15.4. The summed E-state index contributed by atoms with van der Waals surface area (Å²) in [7, 11) is 0. The van der Waals surface area contributed by atoms with Crippen LogP contribution in [-0.4, -0.2) is 5.33 Å². The first-order chi connectivity index (χ1) is 10.4. The van der Waals surface area contributed by atoms with E-state index in [-0.39, 0.29) is 0 Å². The summed E-state index contributed by atoms with van der Waals surface area (Å²) in [4.78, 5) is 0. The minimum Gasteiger partial charge on any atom is -0.198 e. The van der Waals surface area contributed by atoms with Gasteiger partial charge in [0.1, 0.15) is 0 Å². The Morgan fingerprint density at radius 2 is 0.762 bits per heavy atom. The Balaban J connectivity index is 2.92. The lowest BCUT2D eigenvalue weighted by molar-refractivity contribution is 0.530. The van der Waals surface area contributed by atoms with Crippen molar-refractivity contribution in [3.05, 3.63) is 0 Å². The predicted molar refractivity (Wildman–Crippen MR) is 97.9 cm³/mol. The Morgan fingerprint density at radius 3 is 1.05 bits per heavy atom. The van der Waals surface area contributed by atoms with Gasteiger partial charge in [0, 0.05) is 11.8 Å². The fraction of sp³-hybridized carbons (Fsp3) is 0.947. The van der Waals surface area contributed by atoms with Crippen LogP contribution < -0.4 is 0 Å². The normalized spacial score (nSPS) is 10.7. The van der Waals surface area contributed by atoms with Crippen molar-refractivity contribution in [2.45, 2.75) is 109 Å². The van der Waals surface area contributed by atoms with Crippen molar-refractivity contribution < 1.29 is 0 Å². The molecule has 0 fully saturated rings. The summed E-state index contributed by atoms with van der Waals surface area (Å²) in [5, 5.41) is 9.61. The average molecular weight is 358 g/mol. The van der Waals surface area contributed by atoms with E-state index in [2.05, 4.69) is 22.0 Å². The minimum atomic E-state index is 0.747. The fourth-order valence-electron chi connectivity index (χ4n) is 2.77. The monoisotopic (exact) mass is 357 g/mol. The van der Waals surface area contributed by atoms with Gasteiger partial charge in [-0.2, -0.15) is 5.26 Å².